The molecule has 32 heavy (non-hydrogen) atoms. The number of nitrogens with two attached hydrogens (primary N) is 1. The molecule has 3 amide bonds. The molecule has 0 saturated carbocycles. The Hall–Kier alpha value is -3.48. The summed E-state index contributed by atoms with van der Waals surface area (Å²) in [6.07, 6.45) is 2.97. The van der Waals surface area contributed by atoms with Gasteiger partial charge in [0, 0.05) is 24.7 Å². The van der Waals surface area contributed by atoms with Crippen LogP contribution in [0.4, 0.5) is 0 Å². The molecule has 8 N–H and O–H groups in total. The molecule has 1 heterocycles. The minimum atomic E-state index is -1.25. The summed E-state index contributed by atoms with van der Waals surface area (Å²) in [5.41, 5.74) is 6.25. The van der Waals surface area contributed by atoms with E-state index >= 15 is 0 Å². The van der Waals surface area contributed by atoms with Crippen LogP contribution in [0.1, 0.15) is 38.8 Å². The van der Waals surface area contributed by atoms with Crippen molar-refractivity contribution in [3.8, 4) is 0 Å². The van der Waals surface area contributed by atoms with E-state index in [2.05, 4.69) is 25.9 Å². The van der Waals surface area contributed by atoms with Gasteiger partial charge in [-0.1, -0.05) is 20.3 Å². The molecule has 0 fully saturated rings. The highest BCUT2D eigenvalue weighted by Gasteiger charge is 2.31. The summed E-state index contributed by atoms with van der Waals surface area (Å²) in [5, 5.41) is 24.8. The highest BCUT2D eigenvalue weighted by molar-refractivity contribution is 5.94. The standard InChI is InChI=1S/C19H30N6O7/c1-3-10(2)16(25-17(30)12(20)4-5-14(26)27)19(32)24-13(6-11-7-21-9-23-11)18(31)22-8-15(28)29/h7,9-10,12-13,16H,3-6,8,20H2,1-2H3,(H,21,23)(H,22,31)(H,24,32)(H,25,30)(H,26,27)(H,28,29). The number of hydrogen-bond donors (Lipinski definition) is 7. The van der Waals surface area contributed by atoms with E-state index in [4.69, 9.17) is 15.9 Å². The van der Waals surface area contributed by atoms with Crippen LogP contribution in [0.2, 0.25) is 0 Å². The lowest BCUT2D eigenvalue weighted by atomic mass is 9.97. The van der Waals surface area contributed by atoms with Crippen molar-refractivity contribution in [2.24, 2.45) is 11.7 Å². The van der Waals surface area contributed by atoms with Crippen molar-refractivity contribution in [2.75, 3.05) is 6.54 Å². The predicted octanol–water partition coefficient (Wildman–Crippen LogP) is -1.64. The number of carboxylic acid groups (broad SMARTS) is 2. The van der Waals surface area contributed by atoms with E-state index in [1.807, 2.05) is 6.92 Å². The second kappa shape index (κ2) is 13.0. The number of imidazole rings is 1. The Bertz CT molecular complexity index is 798. The van der Waals surface area contributed by atoms with Gasteiger partial charge in [-0.3, -0.25) is 24.0 Å². The van der Waals surface area contributed by atoms with Crippen LogP contribution in [-0.2, 0) is 30.4 Å². The monoisotopic (exact) mass is 454 g/mol. The summed E-state index contributed by atoms with van der Waals surface area (Å²) in [6, 6.07) is -3.29. The van der Waals surface area contributed by atoms with Crippen molar-refractivity contribution in [2.45, 2.75) is 57.7 Å². The largest absolute Gasteiger partial charge is 0.481 e. The molecule has 0 aliphatic heterocycles. The van der Waals surface area contributed by atoms with Gasteiger partial charge < -0.3 is 36.9 Å². The van der Waals surface area contributed by atoms with Crippen LogP contribution in [0.5, 0.6) is 0 Å². The van der Waals surface area contributed by atoms with Gasteiger partial charge in [-0.05, 0) is 12.3 Å². The van der Waals surface area contributed by atoms with E-state index in [1.165, 1.54) is 12.5 Å². The van der Waals surface area contributed by atoms with Gasteiger partial charge >= 0.3 is 11.9 Å². The lowest BCUT2D eigenvalue weighted by Crippen LogP contribution is -2.58. The lowest BCUT2D eigenvalue weighted by Gasteiger charge is -2.27. The third-order valence-corrected chi connectivity index (χ3v) is 4.82. The third-order valence-electron chi connectivity index (χ3n) is 4.82. The van der Waals surface area contributed by atoms with Gasteiger partial charge in [-0.2, -0.15) is 0 Å². The topological polar surface area (TPSA) is 217 Å². The molecule has 0 saturated heterocycles. The molecule has 0 aliphatic rings. The Morgan fingerprint density at radius 1 is 1.09 bits per heavy atom. The fraction of sp³-hybridized carbons (Fsp3) is 0.579. The van der Waals surface area contributed by atoms with Crippen molar-refractivity contribution in [1.82, 2.24) is 25.9 Å². The number of H-pyrrole nitrogens is 1. The van der Waals surface area contributed by atoms with Crippen LogP contribution in [0.15, 0.2) is 12.5 Å². The molecule has 178 valence electrons. The molecule has 1 aromatic heterocycles. The van der Waals surface area contributed by atoms with Crippen LogP contribution in [0.3, 0.4) is 0 Å². The number of carbonyl (C=O) groups excluding carboxylic acids is 3. The summed E-state index contributed by atoms with van der Waals surface area (Å²) in [4.78, 5) is 65.9. The average Bonchev–Trinajstić information content (AvgIpc) is 3.25. The zero-order valence-corrected chi connectivity index (χ0v) is 18.0. The van der Waals surface area contributed by atoms with Gasteiger partial charge in [0.2, 0.25) is 17.7 Å². The Balaban J connectivity index is 2.93. The van der Waals surface area contributed by atoms with Crippen molar-refractivity contribution >= 4 is 29.7 Å². The number of nitrogens with zero attached hydrogens (tertiary/aromatic N) is 1. The summed E-state index contributed by atoms with van der Waals surface area (Å²) in [5.74, 6) is -4.74. The molecule has 0 aromatic carbocycles. The first-order chi connectivity index (χ1) is 15.0. The molecule has 13 nitrogen and oxygen atoms in total. The normalized spacial score (nSPS) is 14.5. The average molecular weight is 454 g/mol. The highest BCUT2D eigenvalue weighted by Crippen LogP contribution is 2.10. The number of aliphatic carboxylic acids is 2. The smallest absolute Gasteiger partial charge is 0.322 e. The Labute approximate surface area is 184 Å². The molecule has 0 radical (unpaired) electrons. The van der Waals surface area contributed by atoms with Gasteiger partial charge in [-0.15, -0.1) is 0 Å². The highest BCUT2D eigenvalue weighted by atomic mass is 16.4. The van der Waals surface area contributed by atoms with Crippen molar-refractivity contribution < 1.29 is 34.2 Å². The zero-order chi connectivity index (χ0) is 24.3. The van der Waals surface area contributed by atoms with E-state index in [0.717, 1.165) is 0 Å². The number of amides is 3. The number of aromatic amines is 1. The van der Waals surface area contributed by atoms with Gasteiger partial charge in [0.05, 0.1) is 12.4 Å². The van der Waals surface area contributed by atoms with Gasteiger partial charge in [0.1, 0.15) is 18.6 Å². The van der Waals surface area contributed by atoms with Crippen LogP contribution in [0.25, 0.3) is 0 Å². The van der Waals surface area contributed by atoms with Gasteiger partial charge in [0.25, 0.3) is 0 Å². The van der Waals surface area contributed by atoms with Crippen LogP contribution < -0.4 is 21.7 Å². The summed E-state index contributed by atoms with van der Waals surface area (Å²) < 4.78 is 0. The maximum Gasteiger partial charge on any atom is 0.322 e. The lowest BCUT2D eigenvalue weighted by molar-refractivity contribution is -0.139. The second-order valence-electron chi connectivity index (χ2n) is 7.36. The van der Waals surface area contributed by atoms with E-state index in [0.29, 0.717) is 12.1 Å². The van der Waals surface area contributed by atoms with E-state index in [9.17, 15) is 24.0 Å². The van der Waals surface area contributed by atoms with Crippen molar-refractivity contribution in [3.05, 3.63) is 18.2 Å². The minimum absolute atomic E-state index is 0.0104. The van der Waals surface area contributed by atoms with E-state index in [-0.39, 0.29) is 25.2 Å². The molecule has 1 rings (SSSR count). The van der Waals surface area contributed by atoms with Crippen LogP contribution >= 0.6 is 0 Å². The summed E-state index contributed by atoms with van der Waals surface area (Å²) in [6.45, 7) is 2.91. The van der Waals surface area contributed by atoms with E-state index in [1.54, 1.807) is 6.92 Å². The molecule has 4 unspecified atom stereocenters. The van der Waals surface area contributed by atoms with Crippen LogP contribution in [0, 0.1) is 5.92 Å². The quantitative estimate of drug-likeness (QED) is 0.171. The maximum atomic E-state index is 13.0. The molecular weight excluding hydrogens is 424 g/mol. The molecular formula is C19H30N6O7. The predicted molar refractivity (Wildman–Crippen MR) is 111 cm³/mol. The van der Waals surface area contributed by atoms with Gasteiger partial charge in [-0.25, -0.2) is 4.98 Å². The number of carbonyl (C=O) groups is 5. The molecule has 1 aromatic rings. The van der Waals surface area contributed by atoms with E-state index < -0.39 is 54.3 Å². The molecule has 4 atom stereocenters. The Morgan fingerprint density at radius 2 is 1.78 bits per heavy atom. The molecule has 0 aliphatic carbocycles. The molecule has 13 heteroatoms. The van der Waals surface area contributed by atoms with Crippen molar-refractivity contribution in [1.29, 1.82) is 0 Å². The number of rotatable bonds is 14. The maximum absolute atomic E-state index is 13.0. The molecule has 0 spiro atoms. The van der Waals surface area contributed by atoms with Crippen molar-refractivity contribution in [3.63, 3.8) is 0 Å². The first-order valence-electron chi connectivity index (χ1n) is 10.1. The Kier molecular flexibility index (Phi) is 10.8. The first kappa shape index (κ1) is 26.6. The molecule has 0 bridgehead atoms. The number of aromatic nitrogens is 2. The number of nitrogens with one attached hydrogen (secondary N) is 4. The fourth-order valence-electron chi connectivity index (χ4n) is 2.75. The third kappa shape index (κ3) is 9.12. The first-order valence-corrected chi connectivity index (χ1v) is 10.1. The summed E-state index contributed by atoms with van der Waals surface area (Å²) >= 11 is 0. The number of carboxylic acids is 2. The summed E-state index contributed by atoms with van der Waals surface area (Å²) in [7, 11) is 0. The SMILES string of the molecule is CCC(C)C(NC(=O)C(N)CCC(=O)O)C(=O)NC(Cc1cnc[nH]1)C(=O)NCC(=O)O. The fourth-order valence-corrected chi connectivity index (χ4v) is 2.75. The Morgan fingerprint density at radius 3 is 2.31 bits per heavy atom. The number of hydrogen-bond acceptors (Lipinski definition) is 7. The zero-order valence-electron chi connectivity index (χ0n) is 18.0. The van der Waals surface area contributed by atoms with Gasteiger partial charge in [0.15, 0.2) is 0 Å². The van der Waals surface area contributed by atoms with Crippen LogP contribution in [-0.4, -0.2) is 74.5 Å². The second-order valence-corrected chi connectivity index (χ2v) is 7.36. The minimum Gasteiger partial charge on any atom is -0.481 e.